The summed E-state index contributed by atoms with van der Waals surface area (Å²) in [6, 6.07) is 1.71. The van der Waals surface area contributed by atoms with E-state index in [4.69, 9.17) is 4.74 Å². The molecule has 2 saturated carbocycles. The molecule has 6 aliphatic rings. The number of aromatic nitrogens is 1. The van der Waals surface area contributed by atoms with Gasteiger partial charge in [0.25, 0.3) is 5.91 Å². The zero-order valence-electron chi connectivity index (χ0n) is 32.2. The zero-order valence-corrected chi connectivity index (χ0v) is 32.2. The highest BCUT2D eigenvalue weighted by Gasteiger charge is 2.67. The van der Waals surface area contributed by atoms with Crippen molar-refractivity contribution in [2.75, 3.05) is 6.54 Å². The Bertz CT molecular complexity index is 2070. The van der Waals surface area contributed by atoms with Gasteiger partial charge in [-0.3, -0.25) is 9.59 Å². The highest BCUT2D eigenvalue weighted by Crippen LogP contribution is 2.71. The molecule has 3 N–H and O–H groups in total. The van der Waals surface area contributed by atoms with Gasteiger partial charge in [-0.25, -0.2) is 4.39 Å². The second-order valence-electron chi connectivity index (χ2n) is 18.6. The Morgan fingerprint density at radius 3 is 2.52 bits per heavy atom. The molecule has 2 aromatic rings. The van der Waals surface area contributed by atoms with E-state index in [1.807, 2.05) is 26.8 Å². The smallest absolute Gasteiger partial charge is 0.280 e. The van der Waals surface area contributed by atoms with Crippen molar-refractivity contribution in [3.05, 3.63) is 76.3 Å². The first kappa shape index (κ1) is 35.7. The molecule has 1 aromatic heterocycles. The minimum atomic E-state index is -0.878. The van der Waals surface area contributed by atoms with E-state index < -0.39 is 46.6 Å². The van der Waals surface area contributed by atoms with Gasteiger partial charge in [-0.1, -0.05) is 45.1 Å². The molecule has 0 unspecified atom stereocenters. The van der Waals surface area contributed by atoms with Crippen LogP contribution in [0.25, 0.3) is 16.5 Å². The maximum atomic E-state index is 14.9. The van der Waals surface area contributed by atoms with E-state index in [1.54, 1.807) is 13.0 Å². The van der Waals surface area contributed by atoms with Crippen LogP contribution in [0.3, 0.4) is 0 Å². The molecule has 2 fully saturated rings. The first-order chi connectivity index (χ1) is 24.2. The fraction of sp³-hybridized carbons (Fsp3) is 0.591. The normalized spacial score (nSPS) is 38.1. The summed E-state index contributed by atoms with van der Waals surface area (Å²) in [6.45, 7) is 23.5. The summed E-state index contributed by atoms with van der Waals surface area (Å²) in [6.07, 6.45) is 9.55. The van der Waals surface area contributed by atoms with Gasteiger partial charge in [-0.05, 0) is 126 Å². The molecule has 0 saturated heterocycles. The number of carbonyl (C=O) groups excluding carboxylic acids is 2. The van der Waals surface area contributed by atoms with Gasteiger partial charge in [-0.2, -0.15) is 0 Å². The molecule has 4 aliphatic carbocycles. The molecular formula is C44H55FN2O5. The first-order valence-corrected chi connectivity index (χ1v) is 19.3. The fourth-order valence-electron chi connectivity index (χ4n) is 12.8. The molecule has 8 heteroatoms. The Balaban J connectivity index is 1.32. The third-order valence-corrected chi connectivity index (χ3v) is 14.9. The second-order valence-corrected chi connectivity index (χ2v) is 18.6. The van der Waals surface area contributed by atoms with Gasteiger partial charge in [0.2, 0.25) is 0 Å². The lowest BCUT2D eigenvalue weighted by Gasteiger charge is -2.64. The number of carbonyl (C=O) groups is 2. The summed E-state index contributed by atoms with van der Waals surface area (Å²) < 4.78 is 23.5. The molecule has 278 valence electrons. The van der Waals surface area contributed by atoms with Crippen LogP contribution >= 0.6 is 0 Å². The lowest BCUT2D eigenvalue weighted by molar-refractivity contribution is -0.144. The van der Waals surface area contributed by atoms with Crippen molar-refractivity contribution in [3.63, 3.8) is 0 Å². The van der Waals surface area contributed by atoms with Crippen LogP contribution < -0.4 is 5.32 Å². The van der Waals surface area contributed by atoms with Gasteiger partial charge in [0.1, 0.15) is 6.04 Å². The van der Waals surface area contributed by atoms with Crippen LogP contribution in [0.15, 0.2) is 48.3 Å². The number of nitrogens with zero attached hydrogens (tertiary/aromatic N) is 1. The number of ketones is 1. The number of amides is 1. The maximum absolute atomic E-state index is 14.9. The summed E-state index contributed by atoms with van der Waals surface area (Å²) in [5.74, 6) is -1.50. The molecule has 3 heterocycles. The molecule has 0 bridgehead atoms. The minimum Gasteiger partial charge on any atom is -0.392 e. The van der Waals surface area contributed by atoms with Crippen LogP contribution in [0, 0.1) is 28.6 Å². The molecule has 0 spiro atoms. The van der Waals surface area contributed by atoms with E-state index in [-0.39, 0.29) is 28.4 Å². The minimum absolute atomic E-state index is 0.000700. The largest absolute Gasteiger partial charge is 0.392 e. The number of likely N-dealkylation sites (N-methyl/N-ethyl adjacent to an activating group) is 1. The molecule has 9 atom stereocenters. The Kier molecular flexibility index (Phi) is 7.63. The van der Waals surface area contributed by atoms with Crippen molar-refractivity contribution in [1.29, 1.82) is 0 Å². The standard InChI is InChI=1S/C44H55FN2O5/c1-11-46-39(51)28(45)13-12-17-42(8)29-15-14-23-19-26-25-20-24-27-21-40(4,5)52-41(6,7)33(27)36(49)31(24)32-35(25)47(34(22(2)3)37(32)50)38(26)44(23,10)43(29,9)18-16-30(42)48/h12-13,17,20-21,23,29-30,33-34,36,48-49H,2,11,14-16,18-19H2,1,3-10H3,(H,46,51)/b17-12+,28-13-/t23-,29-,30-,33+,34-,36+,42-,43-,44+/m0/s1. The van der Waals surface area contributed by atoms with Gasteiger partial charge >= 0.3 is 0 Å². The number of hydrogen-bond acceptors (Lipinski definition) is 5. The van der Waals surface area contributed by atoms with E-state index in [0.29, 0.717) is 24.4 Å². The van der Waals surface area contributed by atoms with Gasteiger partial charge in [0, 0.05) is 39.9 Å². The van der Waals surface area contributed by atoms with E-state index in [2.05, 4.69) is 63.2 Å². The van der Waals surface area contributed by atoms with Gasteiger partial charge in [0.05, 0.1) is 34.5 Å². The number of ether oxygens (including phenoxy) is 1. The third-order valence-electron chi connectivity index (χ3n) is 14.9. The number of hydrogen-bond donors (Lipinski definition) is 3. The van der Waals surface area contributed by atoms with Crippen LogP contribution in [0.1, 0.15) is 133 Å². The molecule has 1 aromatic carbocycles. The Morgan fingerprint density at radius 2 is 1.85 bits per heavy atom. The third kappa shape index (κ3) is 4.35. The topological polar surface area (TPSA) is 101 Å². The lowest BCUT2D eigenvalue weighted by Crippen LogP contribution is -2.62. The lowest BCUT2D eigenvalue weighted by atomic mass is 9.40. The highest BCUT2D eigenvalue weighted by molar-refractivity contribution is 6.18. The molecular weight excluding hydrogens is 655 g/mol. The summed E-state index contributed by atoms with van der Waals surface area (Å²) >= 11 is 0. The van der Waals surface area contributed by atoms with Crippen LogP contribution in [0.2, 0.25) is 0 Å². The quantitative estimate of drug-likeness (QED) is 0.165. The first-order valence-electron chi connectivity index (χ1n) is 19.3. The van der Waals surface area contributed by atoms with E-state index in [0.717, 1.165) is 58.9 Å². The molecule has 2 aliphatic heterocycles. The number of aliphatic hydroxyl groups is 2. The Hall–Kier alpha value is -3.33. The molecule has 0 radical (unpaired) electrons. The van der Waals surface area contributed by atoms with E-state index in [9.17, 15) is 24.2 Å². The molecule has 7 nitrogen and oxygen atoms in total. The Morgan fingerprint density at radius 1 is 1.13 bits per heavy atom. The van der Waals surface area contributed by atoms with Crippen LogP contribution in [0.5, 0.6) is 0 Å². The number of fused-ring (bicyclic) bond motifs is 11. The predicted octanol–water partition coefficient (Wildman–Crippen LogP) is 8.14. The van der Waals surface area contributed by atoms with Crippen molar-refractivity contribution in [2.45, 2.75) is 129 Å². The van der Waals surface area contributed by atoms with Crippen molar-refractivity contribution in [2.24, 2.45) is 28.6 Å². The molecule has 1 amide bonds. The van der Waals surface area contributed by atoms with Gasteiger partial charge in [0.15, 0.2) is 11.6 Å². The number of rotatable bonds is 5. The Labute approximate surface area is 307 Å². The average Bonchev–Trinajstić information content (AvgIpc) is 3.72. The summed E-state index contributed by atoms with van der Waals surface area (Å²) in [4.78, 5) is 26.9. The summed E-state index contributed by atoms with van der Waals surface area (Å²) in [5, 5.41) is 27.4. The number of benzene rings is 1. The summed E-state index contributed by atoms with van der Waals surface area (Å²) in [5.41, 5.74) is 5.15. The van der Waals surface area contributed by atoms with Crippen molar-refractivity contribution < 1.29 is 28.9 Å². The van der Waals surface area contributed by atoms with E-state index in [1.165, 1.54) is 17.3 Å². The maximum Gasteiger partial charge on any atom is 0.280 e. The van der Waals surface area contributed by atoms with Gasteiger partial charge < -0.3 is 24.8 Å². The van der Waals surface area contributed by atoms with Crippen molar-refractivity contribution >= 4 is 28.2 Å². The number of nitrogens with one attached hydrogen (secondary N) is 1. The van der Waals surface area contributed by atoms with Crippen molar-refractivity contribution in [3.8, 4) is 0 Å². The van der Waals surface area contributed by atoms with Crippen LogP contribution in [-0.4, -0.2) is 50.3 Å². The van der Waals surface area contributed by atoms with Crippen molar-refractivity contribution in [1.82, 2.24) is 9.88 Å². The zero-order chi connectivity index (χ0) is 37.7. The summed E-state index contributed by atoms with van der Waals surface area (Å²) in [7, 11) is 0. The van der Waals surface area contributed by atoms with E-state index >= 15 is 0 Å². The average molecular weight is 711 g/mol. The number of Topliss-reactive ketones (excluding diaryl/α,β-unsaturated/α-hetero) is 1. The highest BCUT2D eigenvalue weighted by atomic mass is 19.1. The number of allylic oxidation sites excluding steroid dienone is 3. The second kappa shape index (κ2) is 11.1. The number of halogens is 1. The SMILES string of the molecule is C=C(C)[C@H]1C(=O)c2c3c(cc4c5c(n1c24)[C@@]1(C)[C@@H](CC[C@H]2[C@](C)(/C=C/C=C(\F)C(=O)NCC)[C@@H](O)CC[C@@]21C)C5)C1=CC(C)(C)OC(C)(C)[C@H]1[C@@H]3O. The van der Waals surface area contributed by atoms with Crippen LogP contribution in [-0.2, 0) is 21.4 Å². The molecule has 8 rings (SSSR count). The monoisotopic (exact) mass is 710 g/mol. The predicted molar refractivity (Wildman–Crippen MR) is 202 cm³/mol. The number of aliphatic hydroxyl groups excluding tert-OH is 2. The molecule has 52 heavy (non-hydrogen) atoms. The van der Waals surface area contributed by atoms with Crippen LogP contribution in [0.4, 0.5) is 4.39 Å². The fourth-order valence-corrected chi connectivity index (χ4v) is 12.8. The van der Waals surface area contributed by atoms with Gasteiger partial charge in [-0.15, -0.1) is 0 Å².